The van der Waals surface area contributed by atoms with Crippen LogP contribution in [0.2, 0.25) is 0 Å². The second kappa shape index (κ2) is 7.95. The van der Waals surface area contributed by atoms with Gasteiger partial charge >= 0.3 is 5.69 Å². The van der Waals surface area contributed by atoms with E-state index in [4.69, 9.17) is 0 Å². The first kappa shape index (κ1) is 24.0. The van der Waals surface area contributed by atoms with Gasteiger partial charge in [-0.05, 0) is 99.2 Å². The molecule has 0 aliphatic rings. The molecule has 0 saturated heterocycles. The molecule has 0 unspecified atom stereocenters. The van der Waals surface area contributed by atoms with Crippen molar-refractivity contribution >= 4 is 31.1 Å². The van der Waals surface area contributed by atoms with Crippen molar-refractivity contribution in [3.05, 3.63) is 92.4 Å². The Balaban J connectivity index is 2.11. The Kier molecular flexibility index (Phi) is 5.61. The molecule has 0 radical (unpaired) electrons. The first-order valence-electron chi connectivity index (χ1n) is 10.7. The lowest BCUT2D eigenvalue weighted by molar-refractivity contribution is 0.581. The van der Waals surface area contributed by atoms with E-state index in [1.165, 1.54) is 24.3 Å². The largest absolute Gasteiger partial charge is 0.357 e. The van der Waals surface area contributed by atoms with Crippen LogP contribution in [0.5, 0.6) is 0 Å². The predicted octanol–water partition coefficient (Wildman–Crippen LogP) is 4.13. The minimum atomic E-state index is -4.39. The summed E-state index contributed by atoms with van der Waals surface area (Å²) in [6, 6.07) is 12.5. The number of hydrogen-bond donors (Lipinski definition) is 0. The molecule has 0 fully saturated rings. The molecule has 0 saturated carbocycles. The second-order valence-corrected chi connectivity index (χ2v) is 12.2. The van der Waals surface area contributed by atoms with Crippen molar-refractivity contribution in [3.8, 4) is 0 Å². The highest BCUT2D eigenvalue weighted by Crippen LogP contribution is 2.28. The van der Waals surface area contributed by atoms with Gasteiger partial charge in [-0.25, -0.2) is 21.6 Å². The van der Waals surface area contributed by atoms with Crippen LogP contribution in [-0.4, -0.2) is 24.8 Å². The Bertz CT molecular complexity index is 1630. The summed E-state index contributed by atoms with van der Waals surface area (Å²) in [5, 5.41) is 0. The summed E-state index contributed by atoms with van der Waals surface area (Å²) in [6.07, 6.45) is 0. The SMILES string of the molecule is Cc1cc(C)c(S(=O)(=O)n2c(=O)n(S(=O)(=O)c3cc(C)c(C)cc3C)c3ccccc32)cc1C. The molecule has 0 amide bonds. The van der Waals surface area contributed by atoms with E-state index in [0.717, 1.165) is 22.3 Å². The van der Waals surface area contributed by atoms with Crippen molar-refractivity contribution in [1.82, 2.24) is 7.94 Å². The number of aryl methyl sites for hydroxylation is 6. The lowest BCUT2D eigenvalue weighted by atomic mass is 10.1. The van der Waals surface area contributed by atoms with Gasteiger partial charge in [0.1, 0.15) is 0 Å². The second-order valence-electron chi connectivity index (χ2n) is 8.71. The molecule has 0 bridgehead atoms. The van der Waals surface area contributed by atoms with Gasteiger partial charge in [0.05, 0.1) is 20.8 Å². The average Bonchev–Trinajstić information content (AvgIpc) is 3.06. The lowest BCUT2D eigenvalue weighted by Gasteiger charge is -2.12. The lowest BCUT2D eigenvalue weighted by Crippen LogP contribution is -2.33. The van der Waals surface area contributed by atoms with Crippen molar-refractivity contribution in [2.45, 2.75) is 51.3 Å². The van der Waals surface area contributed by atoms with Gasteiger partial charge in [-0.3, -0.25) is 0 Å². The highest BCUT2D eigenvalue weighted by Gasteiger charge is 2.32. The van der Waals surface area contributed by atoms with E-state index in [9.17, 15) is 21.6 Å². The minimum absolute atomic E-state index is 0.00445. The third-order valence-electron chi connectivity index (χ3n) is 6.29. The van der Waals surface area contributed by atoms with Crippen molar-refractivity contribution in [2.75, 3.05) is 0 Å². The molecule has 9 heteroatoms. The first-order valence-corrected chi connectivity index (χ1v) is 13.6. The highest BCUT2D eigenvalue weighted by molar-refractivity contribution is 7.91. The van der Waals surface area contributed by atoms with Gasteiger partial charge in [0.15, 0.2) is 0 Å². The molecule has 0 aliphatic heterocycles. The Morgan fingerprint density at radius 2 is 0.853 bits per heavy atom. The van der Waals surface area contributed by atoms with Crippen LogP contribution in [-0.2, 0) is 20.0 Å². The fourth-order valence-corrected chi connectivity index (χ4v) is 7.61. The molecule has 0 spiro atoms. The third-order valence-corrected chi connectivity index (χ3v) is 9.94. The molecule has 34 heavy (non-hydrogen) atoms. The molecular weight excluding hydrogens is 472 g/mol. The normalized spacial score (nSPS) is 12.4. The van der Waals surface area contributed by atoms with Crippen LogP contribution in [0.4, 0.5) is 0 Å². The Hall–Kier alpha value is -3.17. The summed E-state index contributed by atoms with van der Waals surface area (Å²) in [4.78, 5) is 13.5. The molecule has 7 nitrogen and oxygen atoms in total. The number of hydrogen-bond acceptors (Lipinski definition) is 5. The van der Waals surface area contributed by atoms with Gasteiger partial charge in [0.25, 0.3) is 20.0 Å². The van der Waals surface area contributed by atoms with E-state index in [2.05, 4.69) is 0 Å². The van der Waals surface area contributed by atoms with Crippen LogP contribution in [0.25, 0.3) is 11.0 Å². The van der Waals surface area contributed by atoms with Crippen molar-refractivity contribution in [1.29, 1.82) is 0 Å². The summed E-state index contributed by atoms with van der Waals surface area (Å²) in [7, 11) is -8.79. The fraction of sp³-hybridized carbons (Fsp3) is 0.240. The van der Waals surface area contributed by atoms with Crippen LogP contribution < -0.4 is 5.69 Å². The van der Waals surface area contributed by atoms with Crippen molar-refractivity contribution in [3.63, 3.8) is 0 Å². The summed E-state index contributed by atoms with van der Waals surface area (Å²) >= 11 is 0. The van der Waals surface area contributed by atoms with Crippen molar-refractivity contribution in [2.24, 2.45) is 0 Å². The third kappa shape index (κ3) is 3.50. The number of para-hydroxylation sites is 2. The minimum Gasteiger partial charge on any atom is -0.245 e. The zero-order valence-electron chi connectivity index (χ0n) is 19.9. The maximum atomic E-state index is 13.8. The van der Waals surface area contributed by atoms with Gasteiger partial charge in [0, 0.05) is 0 Å². The van der Waals surface area contributed by atoms with E-state index in [-0.39, 0.29) is 20.8 Å². The number of rotatable bonds is 4. The molecule has 0 aliphatic carbocycles. The summed E-state index contributed by atoms with van der Waals surface area (Å²) in [5.41, 5.74) is 3.11. The van der Waals surface area contributed by atoms with E-state index >= 15 is 0 Å². The standard InChI is InChI=1S/C25H26N2O5S2/c1-15-11-19(5)23(13-17(15)3)33(29,30)26-21-9-7-8-10-22(21)27(25(26)28)34(31,32)24-14-18(4)16(2)12-20(24)6/h7-14H,1-6H3. The van der Waals surface area contributed by atoms with E-state index < -0.39 is 25.7 Å². The number of benzene rings is 3. The highest BCUT2D eigenvalue weighted by atomic mass is 32.2. The molecule has 1 aromatic heterocycles. The number of nitrogens with zero attached hydrogens (tertiary/aromatic N) is 2. The monoisotopic (exact) mass is 498 g/mol. The Morgan fingerprint density at radius 1 is 0.529 bits per heavy atom. The van der Waals surface area contributed by atoms with Gasteiger partial charge in [-0.2, -0.15) is 7.94 Å². The first-order chi connectivity index (χ1) is 15.8. The van der Waals surface area contributed by atoms with Crippen LogP contribution in [0, 0.1) is 41.5 Å². The van der Waals surface area contributed by atoms with Gasteiger partial charge in [-0.1, -0.05) is 24.3 Å². The molecular formula is C25H26N2O5S2. The van der Waals surface area contributed by atoms with Gasteiger partial charge in [0.2, 0.25) is 0 Å². The molecule has 0 N–H and O–H groups in total. The van der Waals surface area contributed by atoms with E-state index in [1.807, 2.05) is 13.8 Å². The topological polar surface area (TPSA) is 95.2 Å². The maximum absolute atomic E-state index is 13.8. The zero-order valence-corrected chi connectivity index (χ0v) is 21.5. The molecule has 3 aromatic carbocycles. The number of aromatic nitrogens is 2. The Morgan fingerprint density at radius 3 is 1.21 bits per heavy atom. The van der Waals surface area contributed by atoms with Crippen LogP contribution in [0.15, 0.2) is 63.1 Å². The quantitative estimate of drug-likeness (QED) is 0.422. The zero-order chi connectivity index (χ0) is 25.2. The maximum Gasteiger partial charge on any atom is 0.357 e. The molecule has 1 heterocycles. The molecule has 0 atom stereocenters. The predicted molar refractivity (Wildman–Crippen MR) is 133 cm³/mol. The van der Waals surface area contributed by atoms with E-state index in [0.29, 0.717) is 19.1 Å². The van der Waals surface area contributed by atoms with Crippen LogP contribution in [0.1, 0.15) is 33.4 Å². The average molecular weight is 499 g/mol. The fourth-order valence-electron chi connectivity index (χ4n) is 4.18. The molecule has 4 aromatic rings. The van der Waals surface area contributed by atoms with Gasteiger partial charge in [-0.15, -0.1) is 0 Å². The smallest absolute Gasteiger partial charge is 0.245 e. The van der Waals surface area contributed by atoms with Crippen LogP contribution >= 0.6 is 0 Å². The molecule has 4 rings (SSSR count). The van der Waals surface area contributed by atoms with Crippen LogP contribution in [0.3, 0.4) is 0 Å². The Labute approximate surface area is 199 Å². The molecule has 178 valence electrons. The summed E-state index contributed by atoms with van der Waals surface area (Å²) in [5.74, 6) is 0. The summed E-state index contributed by atoms with van der Waals surface area (Å²) < 4.78 is 56.2. The van der Waals surface area contributed by atoms with Gasteiger partial charge < -0.3 is 0 Å². The summed E-state index contributed by atoms with van der Waals surface area (Å²) in [6.45, 7) is 10.6. The van der Waals surface area contributed by atoms with E-state index in [1.54, 1.807) is 52.0 Å². The number of fused-ring (bicyclic) bond motifs is 1. The van der Waals surface area contributed by atoms with Crippen molar-refractivity contribution < 1.29 is 16.8 Å². The number of imidazole rings is 1.